The maximum atomic E-state index is 12.4. The minimum absolute atomic E-state index is 0.102. The lowest BCUT2D eigenvalue weighted by Gasteiger charge is -2.02. The molecule has 0 aliphatic carbocycles. The molecule has 1 heterocycles. The summed E-state index contributed by atoms with van der Waals surface area (Å²) in [5, 5.41) is 5.92. The SMILES string of the molecule is FC(F)(F)c1cc(-c2cccc(Cl)c2Cl)n[nH]1. The molecule has 1 aromatic carbocycles. The van der Waals surface area contributed by atoms with Crippen molar-refractivity contribution in [3.63, 3.8) is 0 Å². The molecule has 1 N–H and O–H groups in total. The van der Waals surface area contributed by atoms with E-state index in [2.05, 4.69) is 5.10 Å². The second kappa shape index (κ2) is 4.23. The fourth-order valence-corrected chi connectivity index (χ4v) is 1.70. The van der Waals surface area contributed by atoms with Crippen LogP contribution in [0.25, 0.3) is 11.3 Å². The summed E-state index contributed by atoms with van der Waals surface area (Å²) in [6.07, 6.45) is -4.46. The van der Waals surface area contributed by atoms with Gasteiger partial charge in [-0.3, -0.25) is 5.10 Å². The molecule has 0 saturated carbocycles. The first-order valence-electron chi connectivity index (χ1n) is 4.46. The molecule has 90 valence electrons. The summed E-state index contributed by atoms with van der Waals surface area (Å²) in [6, 6.07) is 5.57. The van der Waals surface area contributed by atoms with Crippen LogP contribution in [0, 0.1) is 0 Å². The van der Waals surface area contributed by atoms with Gasteiger partial charge >= 0.3 is 6.18 Å². The lowest BCUT2D eigenvalue weighted by molar-refractivity contribution is -0.141. The van der Waals surface area contributed by atoms with Crippen molar-refractivity contribution in [3.05, 3.63) is 40.0 Å². The van der Waals surface area contributed by atoms with Crippen LogP contribution in [-0.2, 0) is 6.18 Å². The van der Waals surface area contributed by atoms with E-state index in [9.17, 15) is 13.2 Å². The van der Waals surface area contributed by atoms with Crippen LogP contribution in [-0.4, -0.2) is 10.2 Å². The number of hydrogen-bond acceptors (Lipinski definition) is 1. The number of nitrogens with one attached hydrogen (secondary N) is 1. The molecule has 2 rings (SSSR count). The van der Waals surface area contributed by atoms with Gasteiger partial charge in [0.1, 0.15) is 5.69 Å². The number of rotatable bonds is 1. The Morgan fingerprint density at radius 2 is 1.88 bits per heavy atom. The van der Waals surface area contributed by atoms with E-state index in [4.69, 9.17) is 23.2 Å². The first kappa shape index (κ1) is 12.3. The van der Waals surface area contributed by atoms with Crippen molar-refractivity contribution in [3.8, 4) is 11.3 Å². The summed E-state index contributed by atoms with van der Waals surface area (Å²) in [4.78, 5) is 0. The zero-order valence-corrected chi connectivity index (χ0v) is 9.66. The van der Waals surface area contributed by atoms with Crippen molar-refractivity contribution < 1.29 is 13.2 Å². The Bertz CT molecular complexity index is 549. The van der Waals surface area contributed by atoms with Gasteiger partial charge in [0.05, 0.1) is 15.7 Å². The van der Waals surface area contributed by atoms with Gasteiger partial charge in [0, 0.05) is 5.56 Å². The maximum absolute atomic E-state index is 12.4. The molecule has 0 unspecified atom stereocenters. The van der Waals surface area contributed by atoms with Gasteiger partial charge in [-0.2, -0.15) is 18.3 Å². The molecule has 2 nitrogen and oxygen atoms in total. The smallest absolute Gasteiger partial charge is 0.273 e. The van der Waals surface area contributed by atoms with Gasteiger partial charge in [-0.15, -0.1) is 0 Å². The number of hydrogen-bond donors (Lipinski definition) is 1. The van der Waals surface area contributed by atoms with Crippen LogP contribution in [0.1, 0.15) is 5.69 Å². The average Bonchev–Trinajstić information content (AvgIpc) is 2.70. The molecule has 0 saturated heterocycles. The zero-order valence-electron chi connectivity index (χ0n) is 8.15. The van der Waals surface area contributed by atoms with Crippen LogP contribution in [0.2, 0.25) is 10.0 Å². The molecule has 0 radical (unpaired) electrons. The fraction of sp³-hybridized carbons (Fsp3) is 0.100. The predicted octanol–water partition coefficient (Wildman–Crippen LogP) is 4.40. The molecule has 17 heavy (non-hydrogen) atoms. The van der Waals surface area contributed by atoms with Crippen LogP contribution in [0.4, 0.5) is 13.2 Å². The quantitative estimate of drug-likeness (QED) is 0.824. The summed E-state index contributed by atoms with van der Waals surface area (Å²) in [6.45, 7) is 0. The number of H-pyrrole nitrogens is 1. The molecule has 0 atom stereocenters. The van der Waals surface area contributed by atoms with Gasteiger partial charge in [-0.25, -0.2) is 0 Å². The Labute approximate surface area is 104 Å². The Balaban J connectivity index is 2.48. The molecule has 0 aliphatic rings. The van der Waals surface area contributed by atoms with Gasteiger partial charge in [0.25, 0.3) is 0 Å². The summed E-state index contributed by atoms with van der Waals surface area (Å²) >= 11 is 11.7. The van der Waals surface area contributed by atoms with E-state index in [0.29, 0.717) is 5.56 Å². The maximum Gasteiger partial charge on any atom is 0.432 e. The molecule has 0 aliphatic heterocycles. The second-order valence-electron chi connectivity index (χ2n) is 3.27. The highest BCUT2D eigenvalue weighted by molar-refractivity contribution is 6.43. The minimum Gasteiger partial charge on any atom is -0.273 e. The van der Waals surface area contributed by atoms with Crippen molar-refractivity contribution in [2.45, 2.75) is 6.18 Å². The number of aromatic amines is 1. The molecule has 2 aromatic rings. The van der Waals surface area contributed by atoms with Gasteiger partial charge in [-0.05, 0) is 12.1 Å². The third kappa shape index (κ3) is 2.40. The molecule has 0 bridgehead atoms. The highest BCUT2D eigenvalue weighted by atomic mass is 35.5. The first-order valence-corrected chi connectivity index (χ1v) is 5.22. The fourth-order valence-electron chi connectivity index (χ4n) is 1.31. The van der Waals surface area contributed by atoms with Crippen LogP contribution < -0.4 is 0 Å². The molecule has 7 heteroatoms. The molecule has 0 fully saturated rings. The molecule has 1 aromatic heterocycles. The van der Waals surface area contributed by atoms with Crippen molar-refractivity contribution in [2.75, 3.05) is 0 Å². The Morgan fingerprint density at radius 3 is 2.47 bits per heavy atom. The van der Waals surface area contributed by atoms with E-state index in [-0.39, 0.29) is 15.7 Å². The Kier molecular flexibility index (Phi) is 3.05. The standard InChI is InChI=1S/C10H5Cl2F3N2/c11-6-3-1-2-5(9(6)12)7-4-8(17-16-7)10(13,14)15/h1-4H,(H,16,17). The van der Waals surface area contributed by atoms with E-state index in [1.165, 1.54) is 0 Å². The third-order valence-corrected chi connectivity index (χ3v) is 2.93. The number of alkyl halides is 3. The van der Waals surface area contributed by atoms with Gasteiger partial charge < -0.3 is 0 Å². The molecular weight excluding hydrogens is 276 g/mol. The van der Waals surface area contributed by atoms with Gasteiger partial charge in [0.2, 0.25) is 0 Å². The highest BCUT2D eigenvalue weighted by Gasteiger charge is 2.33. The van der Waals surface area contributed by atoms with Crippen molar-refractivity contribution >= 4 is 23.2 Å². The third-order valence-electron chi connectivity index (χ3n) is 2.11. The van der Waals surface area contributed by atoms with Gasteiger partial charge in [-0.1, -0.05) is 35.3 Å². The normalized spacial score (nSPS) is 11.8. The number of aromatic nitrogens is 2. The number of halogens is 5. The number of nitrogens with zero attached hydrogens (tertiary/aromatic N) is 1. The van der Waals surface area contributed by atoms with Crippen LogP contribution >= 0.6 is 23.2 Å². The molecule has 0 spiro atoms. The lowest BCUT2D eigenvalue weighted by atomic mass is 10.1. The van der Waals surface area contributed by atoms with E-state index >= 15 is 0 Å². The summed E-state index contributed by atoms with van der Waals surface area (Å²) in [5.41, 5.74) is -0.473. The van der Waals surface area contributed by atoms with Crippen LogP contribution in [0.3, 0.4) is 0 Å². The minimum atomic E-state index is -4.46. The van der Waals surface area contributed by atoms with E-state index in [0.717, 1.165) is 6.07 Å². The summed E-state index contributed by atoms with van der Waals surface area (Å²) in [5.74, 6) is 0. The van der Waals surface area contributed by atoms with E-state index in [1.807, 2.05) is 5.10 Å². The van der Waals surface area contributed by atoms with Gasteiger partial charge in [0.15, 0.2) is 0 Å². The largest absolute Gasteiger partial charge is 0.432 e. The summed E-state index contributed by atoms with van der Waals surface area (Å²) < 4.78 is 37.1. The number of benzene rings is 1. The topological polar surface area (TPSA) is 28.7 Å². The highest BCUT2D eigenvalue weighted by Crippen LogP contribution is 2.35. The van der Waals surface area contributed by atoms with Crippen LogP contribution in [0.15, 0.2) is 24.3 Å². The van der Waals surface area contributed by atoms with E-state index in [1.54, 1.807) is 18.2 Å². The Hall–Kier alpha value is -1.20. The average molecular weight is 281 g/mol. The lowest BCUT2D eigenvalue weighted by Crippen LogP contribution is -2.04. The monoisotopic (exact) mass is 280 g/mol. The van der Waals surface area contributed by atoms with Crippen molar-refractivity contribution in [2.24, 2.45) is 0 Å². The van der Waals surface area contributed by atoms with Crippen molar-refractivity contribution in [1.29, 1.82) is 0 Å². The second-order valence-corrected chi connectivity index (χ2v) is 4.05. The first-order chi connectivity index (χ1) is 7.89. The molecular formula is C10H5Cl2F3N2. The Morgan fingerprint density at radius 1 is 1.18 bits per heavy atom. The summed E-state index contributed by atoms with van der Waals surface area (Å²) in [7, 11) is 0. The molecule has 0 amide bonds. The van der Waals surface area contributed by atoms with Crippen LogP contribution in [0.5, 0.6) is 0 Å². The predicted molar refractivity (Wildman–Crippen MR) is 59.0 cm³/mol. The van der Waals surface area contributed by atoms with E-state index < -0.39 is 11.9 Å². The van der Waals surface area contributed by atoms with Crippen molar-refractivity contribution in [1.82, 2.24) is 10.2 Å². The zero-order chi connectivity index (χ0) is 12.6.